The van der Waals surface area contributed by atoms with Gasteiger partial charge in [0.25, 0.3) is 0 Å². The molecule has 112 valence electrons. The lowest BCUT2D eigenvalue weighted by atomic mass is 10.2. The zero-order valence-corrected chi connectivity index (χ0v) is 12.7. The van der Waals surface area contributed by atoms with Gasteiger partial charge in [0.1, 0.15) is 0 Å². The summed E-state index contributed by atoms with van der Waals surface area (Å²) in [4.78, 5) is 10.6. The molecular weight excluding hydrogens is 286 g/mol. The number of nitrogens with zero attached hydrogens (tertiary/aromatic N) is 5. The van der Waals surface area contributed by atoms with Crippen LogP contribution in [0.1, 0.15) is 0 Å². The van der Waals surface area contributed by atoms with Crippen molar-refractivity contribution in [3.05, 3.63) is 73.2 Å². The van der Waals surface area contributed by atoms with E-state index >= 15 is 0 Å². The fraction of sp³-hybridized carbons (Fsp3) is 0.0556. The van der Waals surface area contributed by atoms with Crippen molar-refractivity contribution >= 4 is 17.2 Å². The van der Waals surface area contributed by atoms with Gasteiger partial charge in [-0.3, -0.25) is 4.98 Å². The van der Waals surface area contributed by atoms with Crippen molar-refractivity contribution in [3.63, 3.8) is 0 Å². The molecule has 0 aliphatic carbocycles. The molecule has 4 aromatic rings. The van der Waals surface area contributed by atoms with Crippen LogP contribution in [0.3, 0.4) is 0 Å². The number of imidazole rings is 1. The Morgan fingerprint density at radius 2 is 1.78 bits per heavy atom. The Labute approximate surface area is 133 Å². The lowest BCUT2D eigenvalue weighted by Gasteiger charge is -2.17. The van der Waals surface area contributed by atoms with Gasteiger partial charge in [-0.15, -0.1) is 5.10 Å². The smallest absolute Gasteiger partial charge is 0.154 e. The minimum absolute atomic E-state index is 0.826. The highest BCUT2D eigenvalue weighted by molar-refractivity contribution is 5.65. The van der Waals surface area contributed by atoms with Crippen molar-refractivity contribution in [1.29, 1.82) is 0 Å². The minimum atomic E-state index is 0.826. The standard InChI is InChI=1S/C18H15N5/c1-22(15-8-5-11-19-12-15)18-10-9-17-20-13-16(23(17)21-18)14-6-3-2-4-7-14/h2-13H,1H3. The number of hydrogen-bond acceptors (Lipinski definition) is 4. The molecule has 0 atom stereocenters. The monoisotopic (exact) mass is 301 g/mol. The van der Waals surface area contributed by atoms with Gasteiger partial charge in [-0.25, -0.2) is 9.50 Å². The topological polar surface area (TPSA) is 46.3 Å². The van der Waals surface area contributed by atoms with Gasteiger partial charge < -0.3 is 4.90 Å². The molecule has 5 nitrogen and oxygen atoms in total. The zero-order valence-electron chi connectivity index (χ0n) is 12.7. The fourth-order valence-electron chi connectivity index (χ4n) is 2.53. The number of benzene rings is 1. The normalized spacial score (nSPS) is 10.8. The van der Waals surface area contributed by atoms with Crippen LogP contribution in [0.15, 0.2) is 73.2 Å². The number of rotatable bonds is 3. The lowest BCUT2D eigenvalue weighted by Crippen LogP contribution is -2.13. The molecule has 3 aromatic heterocycles. The number of anilines is 2. The molecule has 0 aliphatic rings. The summed E-state index contributed by atoms with van der Waals surface area (Å²) < 4.78 is 1.87. The van der Waals surface area contributed by atoms with Gasteiger partial charge in [0.2, 0.25) is 0 Å². The maximum Gasteiger partial charge on any atom is 0.154 e. The first-order chi connectivity index (χ1) is 11.3. The minimum Gasteiger partial charge on any atom is -0.327 e. The van der Waals surface area contributed by atoms with Crippen molar-refractivity contribution in [3.8, 4) is 11.3 Å². The predicted molar refractivity (Wildman–Crippen MR) is 90.7 cm³/mol. The number of fused-ring (bicyclic) bond motifs is 1. The van der Waals surface area contributed by atoms with E-state index in [1.807, 2.05) is 71.3 Å². The Morgan fingerprint density at radius 3 is 2.57 bits per heavy atom. The molecular formula is C18H15N5. The van der Waals surface area contributed by atoms with E-state index in [2.05, 4.69) is 22.1 Å². The van der Waals surface area contributed by atoms with Crippen LogP contribution < -0.4 is 4.90 Å². The van der Waals surface area contributed by atoms with Gasteiger partial charge in [-0.1, -0.05) is 30.3 Å². The Balaban J connectivity index is 1.81. The van der Waals surface area contributed by atoms with E-state index < -0.39 is 0 Å². The zero-order chi connectivity index (χ0) is 15.6. The predicted octanol–water partition coefficient (Wildman–Crippen LogP) is 3.56. The van der Waals surface area contributed by atoms with Crippen LogP contribution in [-0.4, -0.2) is 26.6 Å². The van der Waals surface area contributed by atoms with E-state index in [4.69, 9.17) is 5.10 Å². The van der Waals surface area contributed by atoms with Crippen LogP contribution in [0.2, 0.25) is 0 Å². The number of hydrogen-bond donors (Lipinski definition) is 0. The summed E-state index contributed by atoms with van der Waals surface area (Å²) in [5.74, 6) is 0.834. The summed E-state index contributed by atoms with van der Waals surface area (Å²) in [6, 6.07) is 18.0. The molecule has 0 spiro atoms. The summed E-state index contributed by atoms with van der Waals surface area (Å²) in [7, 11) is 1.98. The van der Waals surface area contributed by atoms with Gasteiger partial charge in [-0.05, 0) is 24.3 Å². The fourth-order valence-corrected chi connectivity index (χ4v) is 2.53. The number of pyridine rings is 1. The second-order valence-corrected chi connectivity index (χ2v) is 5.24. The third-order valence-electron chi connectivity index (χ3n) is 3.79. The van der Waals surface area contributed by atoms with Crippen LogP contribution in [0.25, 0.3) is 16.9 Å². The first-order valence-electron chi connectivity index (χ1n) is 7.37. The van der Waals surface area contributed by atoms with Crippen LogP contribution in [0.4, 0.5) is 11.5 Å². The molecule has 0 aliphatic heterocycles. The van der Waals surface area contributed by atoms with Crippen LogP contribution in [-0.2, 0) is 0 Å². The van der Waals surface area contributed by atoms with E-state index in [0.717, 1.165) is 28.4 Å². The van der Waals surface area contributed by atoms with Gasteiger partial charge in [0.05, 0.1) is 23.8 Å². The molecule has 3 heterocycles. The van der Waals surface area contributed by atoms with Gasteiger partial charge in [-0.2, -0.15) is 0 Å². The molecule has 0 radical (unpaired) electrons. The molecule has 0 amide bonds. The molecule has 5 heteroatoms. The Bertz CT molecular complexity index is 931. The summed E-state index contributed by atoms with van der Waals surface area (Å²) in [6.07, 6.45) is 5.43. The largest absolute Gasteiger partial charge is 0.327 e. The van der Waals surface area contributed by atoms with Crippen LogP contribution in [0, 0.1) is 0 Å². The molecule has 0 unspecified atom stereocenters. The summed E-state index contributed by atoms with van der Waals surface area (Å²) in [6.45, 7) is 0. The maximum atomic E-state index is 4.74. The maximum absolute atomic E-state index is 4.74. The van der Waals surface area contributed by atoms with E-state index in [0.29, 0.717) is 0 Å². The molecule has 0 N–H and O–H groups in total. The first kappa shape index (κ1) is 13.5. The highest BCUT2D eigenvalue weighted by Gasteiger charge is 2.10. The van der Waals surface area contributed by atoms with Crippen molar-refractivity contribution < 1.29 is 0 Å². The van der Waals surface area contributed by atoms with E-state index in [9.17, 15) is 0 Å². The highest BCUT2D eigenvalue weighted by atomic mass is 15.3. The molecule has 4 rings (SSSR count). The average Bonchev–Trinajstić information content (AvgIpc) is 3.05. The Morgan fingerprint density at radius 1 is 0.913 bits per heavy atom. The third kappa shape index (κ3) is 2.42. The van der Waals surface area contributed by atoms with Crippen molar-refractivity contribution in [1.82, 2.24) is 19.6 Å². The second kappa shape index (κ2) is 5.53. The Kier molecular flexibility index (Phi) is 3.24. The quantitative estimate of drug-likeness (QED) is 0.580. The Hall–Kier alpha value is -3.21. The van der Waals surface area contributed by atoms with Gasteiger partial charge in [0, 0.05) is 18.8 Å². The molecule has 0 fully saturated rings. The summed E-state index contributed by atoms with van der Waals surface area (Å²) in [5.41, 5.74) is 3.88. The number of aromatic nitrogens is 4. The van der Waals surface area contributed by atoms with E-state index in [1.165, 1.54) is 0 Å². The highest BCUT2D eigenvalue weighted by Crippen LogP contribution is 2.24. The van der Waals surface area contributed by atoms with Gasteiger partial charge >= 0.3 is 0 Å². The summed E-state index contributed by atoms with van der Waals surface area (Å²) >= 11 is 0. The second-order valence-electron chi connectivity index (χ2n) is 5.24. The SMILES string of the molecule is CN(c1cccnc1)c1ccc2ncc(-c3ccccc3)n2n1. The van der Waals surface area contributed by atoms with Crippen LogP contribution >= 0.6 is 0 Å². The lowest BCUT2D eigenvalue weighted by molar-refractivity contribution is 0.919. The molecule has 1 aromatic carbocycles. The molecule has 0 saturated heterocycles. The molecule has 0 saturated carbocycles. The molecule has 0 bridgehead atoms. The third-order valence-corrected chi connectivity index (χ3v) is 3.79. The average molecular weight is 301 g/mol. The van der Waals surface area contributed by atoms with Crippen molar-refractivity contribution in [2.45, 2.75) is 0 Å². The van der Waals surface area contributed by atoms with Crippen molar-refractivity contribution in [2.75, 3.05) is 11.9 Å². The van der Waals surface area contributed by atoms with E-state index in [-0.39, 0.29) is 0 Å². The van der Waals surface area contributed by atoms with E-state index in [1.54, 1.807) is 6.20 Å². The molecule has 23 heavy (non-hydrogen) atoms. The van der Waals surface area contributed by atoms with Gasteiger partial charge in [0.15, 0.2) is 11.5 Å². The van der Waals surface area contributed by atoms with Crippen molar-refractivity contribution in [2.24, 2.45) is 0 Å². The van der Waals surface area contributed by atoms with Crippen LogP contribution in [0.5, 0.6) is 0 Å². The first-order valence-corrected chi connectivity index (χ1v) is 7.37. The summed E-state index contributed by atoms with van der Waals surface area (Å²) in [5, 5.41) is 4.74.